The lowest BCUT2D eigenvalue weighted by Crippen LogP contribution is -2.28. The highest BCUT2D eigenvalue weighted by Crippen LogP contribution is 2.31. The van der Waals surface area contributed by atoms with E-state index in [1.165, 1.54) is 36.2 Å². The molecule has 0 aromatic heterocycles. The van der Waals surface area contributed by atoms with Gasteiger partial charge in [0.1, 0.15) is 5.78 Å². The van der Waals surface area contributed by atoms with Crippen molar-refractivity contribution in [3.05, 3.63) is 12.7 Å². The zero-order chi connectivity index (χ0) is 18.0. The molecule has 0 aromatic rings. The van der Waals surface area contributed by atoms with Crippen molar-refractivity contribution in [3.63, 3.8) is 0 Å². The largest absolute Gasteiger partial charge is 0.299 e. The third-order valence-electron chi connectivity index (χ3n) is 5.03. The molecule has 1 unspecified atom stereocenters. The summed E-state index contributed by atoms with van der Waals surface area (Å²) in [5.74, 6) is 0.384. The lowest BCUT2D eigenvalue weighted by molar-refractivity contribution is -0.123. The van der Waals surface area contributed by atoms with Crippen molar-refractivity contribution in [3.8, 4) is 0 Å². The van der Waals surface area contributed by atoms with Crippen molar-refractivity contribution in [2.75, 3.05) is 19.3 Å². The highest BCUT2D eigenvalue weighted by molar-refractivity contribution is 7.88. The van der Waals surface area contributed by atoms with E-state index in [0.29, 0.717) is 19.5 Å². The molecule has 1 rings (SSSR count). The molecule has 0 saturated carbocycles. The van der Waals surface area contributed by atoms with Crippen molar-refractivity contribution in [1.82, 2.24) is 4.31 Å². The number of hydrogen-bond acceptors (Lipinski definition) is 3. The minimum atomic E-state index is -3.19. The molecular formula is C19H35NO3S. The fraction of sp³-hybridized carbons (Fsp3) is 0.842. The molecule has 24 heavy (non-hydrogen) atoms. The summed E-state index contributed by atoms with van der Waals surface area (Å²) in [5, 5.41) is 0. The van der Waals surface area contributed by atoms with E-state index < -0.39 is 10.0 Å². The van der Waals surface area contributed by atoms with Crippen LogP contribution in [0, 0.1) is 11.8 Å². The Bertz CT molecular complexity index is 487. The van der Waals surface area contributed by atoms with Crippen LogP contribution in [0.25, 0.3) is 0 Å². The Kier molecular flexibility index (Phi) is 9.82. The van der Waals surface area contributed by atoms with E-state index in [1.54, 1.807) is 0 Å². The number of Topliss-reactive ketones (excluding diaryl/α,β-unsaturated/α-hetero) is 1. The maximum absolute atomic E-state index is 12.5. The van der Waals surface area contributed by atoms with Crippen molar-refractivity contribution in [2.24, 2.45) is 11.8 Å². The van der Waals surface area contributed by atoms with Gasteiger partial charge in [0.05, 0.1) is 6.26 Å². The number of hydrogen-bond donors (Lipinski definition) is 0. The van der Waals surface area contributed by atoms with Gasteiger partial charge in [-0.05, 0) is 31.6 Å². The minimum absolute atomic E-state index is 0.0905. The summed E-state index contributed by atoms with van der Waals surface area (Å²) in [6, 6.07) is 0. The van der Waals surface area contributed by atoms with Gasteiger partial charge in [0.15, 0.2) is 0 Å². The molecule has 1 heterocycles. The molecule has 0 bridgehead atoms. The second-order valence-corrected chi connectivity index (χ2v) is 9.13. The summed E-state index contributed by atoms with van der Waals surface area (Å²) in [5.41, 5.74) is 0. The highest BCUT2D eigenvalue weighted by Gasteiger charge is 2.39. The van der Waals surface area contributed by atoms with E-state index in [0.717, 1.165) is 32.1 Å². The summed E-state index contributed by atoms with van der Waals surface area (Å²) in [6.45, 7) is 6.73. The number of sulfonamides is 1. The topological polar surface area (TPSA) is 54.5 Å². The fourth-order valence-corrected chi connectivity index (χ4v) is 4.50. The van der Waals surface area contributed by atoms with Crippen LogP contribution in [-0.4, -0.2) is 37.9 Å². The third-order valence-corrected chi connectivity index (χ3v) is 6.27. The van der Waals surface area contributed by atoms with Gasteiger partial charge in [-0.3, -0.25) is 4.79 Å². The lowest BCUT2D eigenvalue weighted by Gasteiger charge is -2.16. The standard InChI is InChI=1S/C19H35NO3S/c1-4-6-7-8-9-10-11-12-14-19(21)18-16-20(24(3,22)23)15-17(18)13-5-2/h4,17-18H,1,5-16H2,2-3H3/t17-,18?/m0/s1. The number of carbonyl (C=O) groups excluding carboxylic acids is 1. The van der Waals surface area contributed by atoms with Crippen molar-refractivity contribution < 1.29 is 13.2 Å². The van der Waals surface area contributed by atoms with Crippen LogP contribution in [0.2, 0.25) is 0 Å². The highest BCUT2D eigenvalue weighted by atomic mass is 32.2. The van der Waals surface area contributed by atoms with Crippen LogP contribution in [0.4, 0.5) is 0 Å². The fourth-order valence-electron chi connectivity index (χ4n) is 3.61. The summed E-state index contributed by atoms with van der Waals surface area (Å²) in [4.78, 5) is 12.5. The Hall–Kier alpha value is -0.680. The minimum Gasteiger partial charge on any atom is -0.299 e. The number of ketones is 1. The van der Waals surface area contributed by atoms with Gasteiger partial charge in [0, 0.05) is 25.4 Å². The van der Waals surface area contributed by atoms with Gasteiger partial charge in [-0.25, -0.2) is 12.7 Å². The Balaban J connectivity index is 2.32. The summed E-state index contributed by atoms with van der Waals surface area (Å²) in [7, 11) is -3.19. The number of carbonyl (C=O) groups is 1. The average Bonchev–Trinajstić information content (AvgIpc) is 2.94. The normalized spacial score (nSPS) is 21.9. The summed E-state index contributed by atoms with van der Waals surface area (Å²) >= 11 is 0. The van der Waals surface area contributed by atoms with Gasteiger partial charge in [0.2, 0.25) is 10.0 Å². The molecule has 1 aliphatic heterocycles. The maximum Gasteiger partial charge on any atom is 0.211 e. The molecule has 0 amide bonds. The first-order valence-electron chi connectivity index (χ1n) is 9.48. The van der Waals surface area contributed by atoms with E-state index in [1.807, 2.05) is 6.08 Å². The molecule has 0 aromatic carbocycles. The first-order valence-corrected chi connectivity index (χ1v) is 11.3. The molecule has 0 N–H and O–H groups in total. The van der Waals surface area contributed by atoms with Gasteiger partial charge in [-0.1, -0.05) is 45.1 Å². The van der Waals surface area contributed by atoms with E-state index >= 15 is 0 Å². The second-order valence-electron chi connectivity index (χ2n) is 7.15. The Morgan fingerprint density at radius 3 is 2.33 bits per heavy atom. The predicted molar refractivity (Wildman–Crippen MR) is 100 cm³/mol. The number of unbranched alkanes of at least 4 members (excludes halogenated alkanes) is 6. The van der Waals surface area contributed by atoms with E-state index in [-0.39, 0.29) is 17.6 Å². The van der Waals surface area contributed by atoms with Crippen LogP contribution in [0.5, 0.6) is 0 Å². The molecule has 4 nitrogen and oxygen atoms in total. The van der Waals surface area contributed by atoms with Gasteiger partial charge in [-0.2, -0.15) is 0 Å². The quantitative estimate of drug-likeness (QED) is 0.367. The van der Waals surface area contributed by atoms with Gasteiger partial charge < -0.3 is 0 Å². The number of allylic oxidation sites excluding steroid dienone is 1. The molecule has 1 aliphatic rings. The van der Waals surface area contributed by atoms with Crippen LogP contribution < -0.4 is 0 Å². The molecule has 0 aliphatic carbocycles. The van der Waals surface area contributed by atoms with Crippen LogP contribution >= 0.6 is 0 Å². The second kappa shape index (κ2) is 11.0. The van der Waals surface area contributed by atoms with Crippen LogP contribution in [0.15, 0.2) is 12.7 Å². The molecule has 5 heteroatoms. The Morgan fingerprint density at radius 2 is 1.75 bits per heavy atom. The van der Waals surface area contributed by atoms with Crippen LogP contribution in [0.3, 0.4) is 0 Å². The first-order chi connectivity index (χ1) is 11.4. The van der Waals surface area contributed by atoms with E-state index in [9.17, 15) is 13.2 Å². The number of rotatable bonds is 13. The summed E-state index contributed by atoms with van der Waals surface area (Å²) < 4.78 is 25.0. The zero-order valence-corrected chi connectivity index (χ0v) is 16.3. The lowest BCUT2D eigenvalue weighted by atomic mass is 9.86. The SMILES string of the molecule is C=CCCCCCCCCC(=O)C1CN(S(C)(=O)=O)C[C@@H]1CCC. The van der Waals surface area contributed by atoms with Gasteiger partial charge in [-0.15, -0.1) is 6.58 Å². The maximum atomic E-state index is 12.5. The molecule has 2 atom stereocenters. The predicted octanol–water partition coefficient (Wildman–Crippen LogP) is 4.17. The van der Waals surface area contributed by atoms with E-state index in [2.05, 4.69) is 13.5 Å². The van der Waals surface area contributed by atoms with Gasteiger partial charge >= 0.3 is 0 Å². The van der Waals surface area contributed by atoms with E-state index in [4.69, 9.17) is 0 Å². The van der Waals surface area contributed by atoms with Crippen LogP contribution in [0.1, 0.15) is 71.1 Å². The molecule has 140 valence electrons. The number of nitrogens with zero attached hydrogens (tertiary/aromatic N) is 1. The third kappa shape index (κ3) is 7.47. The Labute approximate surface area is 148 Å². The molecule has 0 spiro atoms. The average molecular weight is 358 g/mol. The molecule has 0 radical (unpaired) electrons. The van der Waals surface area contributed by atoms with Crippen molar-refractivity contribution >= 4 is 15.8 Å². The smallest absolute Gasteiger partial charge is 0.211 e. The van der Waals surface area contributed by atoms with Crippen molar-refractivity contribution in [1.29, 1.82) is 0 Å². The first kappa shape index (κ1) is 21.4. The monoisotopic (exact) mass is 357 g/mol. The van der Waals surface area contributed by atoms with Gasteiger partial charge in [0.25, 0.3) is 0 Å². The van der Waals surface area contributed by atoms with Crippen molar-refractivity contribution in [2.45, 2.75) is 71.1 Å². The zero-order valence-electron chi connectivity index (χ0n) is 15.5. The van der Waals surface area contributed by atoms with Crippen LogP contribution in [-0.2, 0) is 14.8 Å². The summed E-state index contributed by atoms with van der Waals surface area (Å²) in [6.07, 6.45) is 13.7. The molecule has 1 fully saturated rings. The molecule has 1 saturated heterocycles. The Morgan fingerprint density at radius 1 is 1.12 bits per heavy atom. The molecular weight excluding hydrogens is 322 g/mol.